The lowest BCUT2D eigenvalue weighted by molar-refractivity contribution is 0.149. The van der Waals surface area contributed by atoms with Crippen LogP contribution in [0.2, 0.25) is 0 Å². The third-order valence-corrected chi connectivity index (χ3v) is 1.16. The zero-order valence-corrected chi connectivity index (χ0v) is 7.07. The Morgan fingerprint density at radius 1 is 1.36 bits per heavy atom. The monoisotopic (exact) mass is 161 g/mol. The molecule has 0 rings (SSSR count). The highest BCUT2D eigenvalue weighted by Gasteiger charge is 2.09. The second kappa shape index (κ2) is 4.20. The van der Waals surface area contributed by atoms with E-state index >= 15 is 0 Å². The maximum atomic E-state index is 9.09. The van der Waals surface area contributed by atoms with Crippen molar-refractivity contribution in [3.05, 3.63) is 11.5 Å². The van der Waals surface area contributed by atoms with Gasteiger partial charge in [-0.25, -0.2) is 0 Å². The van der Waals surface area contributed by atoms with Crippen LogP contribution in [-0.2, 0) is 0 Å². The van der Waals surface area contributed by atoms with Crippen LogP contribution in [0.15, 0.2) is 11.5 Å². The molecule has 66 valence electrons. The molecule has 0 amide bonds. The minimum Gasteiger partial charge on any atom is -0.507 e. The number of likely N-dealkylation sites (N-methyl/N-ethyl adjacent to an activating group) is 1. The topological polar surface area (TPSA) is 63.9 Å². The van der Waals surface area contributed by atoms with Gasteiger partial charge in [0.1, 0.15) is 11.9 Å². The van der Waals surface area contributed by atoms with Gasteiger partial charge in [-0.2, -0.15) is 0 Å². The van der Waals surface area contributed by atoms with Crippen LogP contribution in [0, 0.1) is 0 Å². The predicted octanol–water partition coefficient (Wildman–Crippen LogP) is 0.256. The molecule has 0 aliphatic heterocycles. The van der Waals surface area contributed by atoms with Crippen LogP contribution in [0.25, 0.3) is 0 Å². The molecule has 1 atom stereocenters. The summed E-state index contributed by atoms with van der Waals surface area (Å²) in [4.78, 5) is 1.69. The number of hydrogen-bond donors (Lipinski definition) is 3. The molecule has 0 heterocycles. The summed E-state index contributed by atoms with van der Waals surface area (Å²) in [7, 11) is 3.51. The summed E-state index contributed by atoms with van der Waals surface area (Å²) >= 11 is 0. The van der Waals surface area contributed by atoms with E-state index in [1.165, 1.54) is 6.92 Å². The predicted molar refractivity (Wildman–Crippen MR) is 42.5 cm³/mol. The first-order chi connectivity index (χ1) is 4.95. The van der Waals surface area contributed by atoms with E-state index in [1.807, 2.05) is 0 Å². The molecule has 0 aromatic rings. The molecule has 0 bridgehead atoms. The zero-order valence-electron chi connectivity index (χ0n) is 7.07. The minimum absolute atomic E-state index is 0.190. The van der Waals surface area contributed by atoms with Crippen molar-refractivity contribution < 1.29 is 15.3 Å². The van der Waals surface area contributed by atoms with Gasteiger partial charge in [0.2, 0.25) is 0 Å². The summed E-state index contributed by atoms with van der Waals surface area (Å²) in [6, 6.07) is 0. The second-order valence-electron chi connectivity index (χ2n) is 2.75. The Kier molecular flexibility index (Phi) is 3.92. The van der Waals surface area contributed by atoms with Crippen LogP contribution >= 0.6 is 0 Å². The quantitative estimate of drug-likeness (QED) is 0.519. The lowest BCUT2D eigenvalue weighted by Gasteiger charge is -2.11. The molecular weight excluding hydrogens is 146 g/mol. The fourth-order valence-corrected chi connectivity index (χ4v) is 0.622. The smallest absolute Gasteiger partial charge is 0.159 e. The van der Waals surface area contributed by atoms with Gasteiger partial charge in [0, 0.05) is 0 Å². The number of aliphatic hydroxyl groups excluding tert-OH is 3. The van der Waals surface area contributed by atoms with Gasteiger partial charge in [-0.05, 0) is 21.0 Å². The lowest BCUT2D eigenvalue weighted by atomic mass is 10.3. The normalized spacial score (nSPS) is 16.5. The van der Waals surface area contributed by atoms with E-state index in [-0.39, 0.29) is 18.1 Å². The summed E-state index contributed by atoms with van der Waals surface area (Å²) in [6.07, 6.45) is -1.00. The molecule has 4 nitrogen and oxygen atoms in total. The maximum absolute atomic E-state index is 9.09. The van der Waals surface area contributed by atoms with Crippen LogP contribution in [0.5, 0.6) is 0 Å². The van der Waals surface area contributed by atoms with Crippen molar-refractivity contribution in [2.24, 2.45) is 0 Å². The van der Waals surface area contributed by atoms with Gasteiger partial charge >= 0.3 is 0 Å². The number of nitrogens with zero attached hydrogens (tertiary/aromatic N) is 1. The summed E-state index contributed by atoms with van der Waals surface area (Å²) in [5.41, 5.74) is 0. The van der Waals surface area contributed by atoms with Crippen molar-refractivity contribution in [2.45, 2.75) is 13.0 Å². The first-order valence-corrected chi connectivity index (χ1v) is 3.39. The third kappa shape index (κ3) is 3.85. The van der Waals surface area contributed by atoms with Gasteiger partial charge in [-0.3, -0.25) is 0 Å². The van der Waals surface area contributed by atoms with Crippen molar-refractivity contribution in [1.29, 1.82) is 0 Å². The van der Waals surface area contributed by atoms with E-state index in [0.29, 0.717) is 0 Å². The van der Waals surface area contributed by atoms with Gasteiger partial charge in [0.15, 0.2) is 5.76 Å². The Hall–Kier alpha value is -0.740. The van der Waals surface area contributed by atoms with E-state index in [2.05, 4.69) is 0 Å². The molecule has 0 aromatic carbocycles. The lowest BCUT2D eigenvalue weighted by Crippen LogP contribution is -2.19. The molecule has 0 fully saturated rings. The van der Waals surface area contributed by atoms with Crippen LogP contribution in [0.4, 0.5) is 0 Å². The van der Waals surface area contributed by atoms with E-state index in [0.717, 1.165) is 0 Å². The Labute approximate surface area is 66.4 Å². The molecule has 0 aromatic heterocycles. The van der Waals surface area contributed by atoms with Gasteiger partial charge in [0.05, 0.1) is 6.54 Å². The minimum atomic E-state index is -1.00. The Morgan fingerprint density at radius 2 is 1.82 bits per heavy atom. The highest BCUT2D eigenvalue weighted by atomic mass is 16.3. The van der Waals surface area contributed by atoms with Crippen molar-refractivity contribution in [3.8, 4) is 0 Å². The summed E-state index contributed by atoms with van der Waals surface area (Å²) in [6.45, 7) is 1.62. The maximum Gasteiger partial charge on any atom is 0.159 e. The molecule has 0 saturated heterocycles. The van der Waals surface area contributed by atoms with E-state index in [4.69, 9.17) is 15.3 Å². The third-order valence-electron chi connectivity index (χ3n) is 1.16. The van der Waals surface area contributed by atoms with Crippen LogP contribution in [0.3, 0.4) is 0 Å². The van der Waals surface area contributed by atoms with E-state index in [1.54, 1.807) is 19.0 Å². The van der Waals surface area contributed by atoms with Gasteiger partial charge in [-0.15, -0.1) is 0 Å². The number of hydrogen-bond acceptors (Lipinski definition) is 4. The molecular formula is C7H15NO3. The summed E-state index contributed by atoms with van der Waals surface area (Å²) < 4.78 is 0. The first kappa shape index (κ1) is 10.3. The number of rotatable bonds is 3. The fourth-order valence-electron chi connectivity index (χ4n) is 0.622. The molecule has 0 radical (unpaired) electrons. The second-order valence-corrected chi connectivity index (χ2v) is 2.75. The summed E-state index contributed by atoms with van der Waals surface area (Å²) in [5, 5.41) is 26.9. The molecule has 0 aliphatic rings. The fraction of sp³-hybridized carbons (Fsp3) is 0.714. The van der Waals surface area contributed by atoms with Crippen LogP contribution < -0.4 is 0 Å². The van der Waals surface area contributed by atoms with E-state index in [9.17, 15) is 0 Å². The van der Waals surface area contributed by atoms with Crippen molar-refractivity contribution in [1.82, 2.24) is 4.90 Å². The highest BCUT2D eigenvalue weighted by Crippen LogP contribution is 2.03. The number of aliphatic hydroxyl groups is 3. The summed E-state index contributed by atoms with van der Waals surface area (Å²) in [5.74, 6) is -0.552. The average molecular weight is 161 g/mol. The Balaban J connectivity index is 4.16. The van der Waals surface area contributed by atoms with Gasteiger partial charge in [0.25, 0.3) is 0 Å². The van der Waals surface area contributed by atoms with Gasteiger partial charge in [-0.1, -0.05) is 0 Å². The standard InChI is InChI=1S/C7H15NO3/c1-5(9)7(11)6(10)4-8(2)3/h5,9-11H,4H2,1-3H3. The average Bonchev–Trinajstić information content (AvgIpc) is 1.84. The molecule has 0 saturated carbocycles. The highest BCUT2D eigenvalue weighted by molar-refractivity contribution is 5.03. The molecule has 0 spiro atoms. The Morgan fingerprint density at radius 3 is 2.09 bits per heavy atom. The first-order valence-electron chi connectivity index (χ1n) is 3.39. The molecule has 3 N–H and O–H groups in total. The van der Waals surface area contributed by atoms with E-state index < -0.39 is 6.10 Å². The molecule has 11 heavy (non-hydrogen) atoms. The van der Waals surface area contributed by atoms with Crippen molar-refractivity contribution in [3.63, 3.8) is 0 Å². The van der Waals surface area contributed by atoms with Crippen LogP contribution in [0.1, 0.15) is 6.92 Å². The van der Waals surface area contributed by atoms with Crippen molar-refractivity contribution in [2.75, 3.05) is 20.6 Å². The molecule has 0 aliphatic carbocycles. The molecule has 1 unspecified atom stereocenters. The SMILES string of the molecule is CC(O)C(O)=C(O)CN(C)C. The van der Waals surface area contributed by atoms with Crippen molar-refractivity contribution >= 4 is 0 Å². The van der Waals surface area contributed by atoms with Gasteiger partial charge < -0.3 is 20.2 Å². The van der Waals surface area contributed by atoms with Crippen LogP contribution in [-0.4, -0.2) is 47.0 Å². The zero-order chi connectivity index (χ0) is 9.02. The molecule has 4 heteroatoms. The largest absolute Gasteiger partial charge is 0.507 e. The Bertz CT molecular complexity index is 152.